The lowest BCUT2D eigenvalue weighted by atomic mass is 9.75. The van der Waals surface area contributed by atoms with E-state index < -0.39 is 11.9 Å². The maximum atomic E-state index is 11.9. The molecule has 4 nitrogen and oxygen atoms in total. The molecule has 0 aromatic heterocycles. The molecule has 0 saturated carbocycles. The van der Waals surface area contributed by atoms with Gasteiger partial charge in [-0.15, -0.1) is 0 Å². The normalized spacial score (nSPS) is 18.6. The molecule has 0 bridgehead atoms. The van der Waals surface area contributed by atoms with Gasteiger partial charge in [0, 0.05) is 17.1 Å². The fourth-order valence-electron chi connectivity index (χ4n) is 3.73. The van der Waals surface area contributed by atoms with E-state index >= 15 is 0 Å². The van der Waals surface area contributed by atoms with Crippen LogP contribution in [-0.2, 0) is 4.79 Å². The van der Waals surface area contributed by atoms with Gasteiger partial charge in [-0.05, 0) is 28.8 Å². The van der Waals surface area contributed by atoms with Crippen molar-refractivity contribution in [2.45, 2.75) is 6.42 Å². The summed E-state index contributed by atoms with van der Waals surface area (Å²) in [5.74, 6) is -2.07. The topological polar surface area (TPSA) is 74.6 Å². The Morgan fingerprint density at radius 2 is 1.81 bits per heavy atom. The summed E-state index contributed by atoms with van der Waals surface area (Å²) in [5.41, 5.74) is 2.07. The number of carboxylic acids is 2. The standard InChI is InChI=1S/C22H16O4/c23-21(24)17-11-9-13-5-1-3-7-15(13)19(17)20-16-8-4-2-6-14(16)10-12-18(20)22(25)26/h1-5,7-12,14H,6H2,(H,23,24)(H,25,26). The van der Waals surface area contributed by atoms with E-state index in [0.717, 1.165) is 22.8 Å². The van der Waals surface area contributed by atoms with E-state index in [9.17, 15) is 19.8 Å². The molecule has 4 rings (SSSR count). The van der Waals surface area contributed by atoms with E-state index in [-0.39, 0.29) is 17.1 Å². The lowest BCUT2D eigenvalue weighted by Gasteiger charge is -2.28. The van der Waals surface area contributed by atoms with Crippen LogP contribution in [0.25, 0.3) is 16.3 Å². The molecular weight excluding hydrogens is 328 g/mol. The van der Waals surface area contributed by atoms with Crippen LogP contribution >= 0.6 is 0 Å². The third-order valence-electron chi connectivity index (χ3n) is 4.89. The predicted octanol–water partition coefficient (Wildman–Crippen LogP) is 4.45. The molecule has 128 valence electrons. The zero-order valence-corrected chi connectivity index (χ0v) is 13.8. The van der Waals surface area contributed by atoms with Crippen LogP contribution in [0.1, 0.15) is 22.3 Å². The van der Waals surface area contributed by atoms with E-state index in [1.165, 1.54) is 0 Å². The van der Waals surface area contributed by atoms with Gasteiger partial charge in [0.05, 0.1) is 11.1 Å². The van der Waals surface area contributed by atoms with Gasteiger partial charge in [0.25, 0.3) is 0 Å². The molecule has 0 radical (unpaired) electrons. The zero-order valence-electron chi connectivity index (χ0n) is 13.8. The van der Waals surface area contributed by atoms with Gasteiger partial charge in [0.15, 0.2) is 0 Å². The predicted molar refractivity (Wildman–Crippen MR) is 99.9 cm³/mol. The third kappa shape index (κ3) is 2.47. The molecule has 0 fully saturated rings. The zero-order chi connectivity index (χ0) is 18.3. The Kier molecular flexibility index (Phi) is 3.81. The molecule has 2 aromatic rings. The first-order chi connectivity index (χ1) is 12.6. The van der Waals surface area contributed by atoms with Gasteiger partial charge in [-0.25, -0.2) is 9.59 Å². The highest BCUT2D eigenvalue weighted by Crippen LogP contribution is 2.43. The number of fused-ring (bicyclic) bond motifs is 2. The molecule has 2 aliphatic rings. The molecule has 2 aromatic carbocycles. The van der Waals surface area contributed by atoms with Crippen molar-refractivity contribution in [2.75, 3.05) is 0 Å². The second-order valence-electron chi connectivity index (χ2n) is 6.36. The minimum atomic E-state index is -1.07. The first-order valence-corrected chi connectivity index (χ1v) is 8.36. The fourth-order valence-corrected chi connectivity index (χ4v) is 3.73. The van der Waals surface area contributed by atoms with Crippen molar-refractivity contribution in [2.24, 2.45) is 5.92 Å². The summed E-state index contributed by atoms with van der Waals surface area (Å²) in [6.45, 7) is 0. The summed E-state index contributed by atoms with van der Waals surface area (Å²) in [6.07, 6.45) is 10.1. The molecule has 0 amide bonds. The minimum Gasteiger partial charge on any atom is -0.478 e. The Hall–Kier alpha value is -3.40. The monoisotopic (exact) mass is 344 g/mol. The summed E-state index contributed by atoms with van der Waals surface area (Å²) >= 11 is 0. The number of allylic oxidation sites excluding steroid dienone is 6. The second-order valence-corrected chi connectivity index (χ2v) is 6.36. The van der Waals surface area contributed by atoms with E-state index in [0.29, 0.717) is 11.1 Å². The molecule has 0 saturated heterocycles. The summed E-state index contributed by atoms with van der Waals surface area (Å²) in [6, 6.07) is 10.8. The van der Waals surface area contributed by atoms with Crippen molar-refractivity contribution in [3.05, 3.63) is 89.1 Å². The Balaban J connectivity index is 2.15. The van der Waals surface area contributed by atoms with Gasteiger partial charge in [0.2, 0.25) is 0 Å². The lowest BCUT2D eigenvalue weighted by Crippen LogP contribution is -2.16. The van der Waals surface area contributed by atoms with Gasteiger partial charge in [-0.2, -0.15) is 0 Å². The molecule has 0 spiro atoms. The number of carbonyl (C=O) groups is 2. The Morgan fingerprint density at radius 1 is 1.00 bits per heavy atom. The van der Waals surface area contributed by atoms with Crippen LogP contribution < -0.4 is 0 Å². The summed E-state index contributed by atoms with van der Waals surface area (Å²) in [5, 5.41) is 21.1. The molecule has 2 aliphatic carbocycles. The van der Waals surface area contributed by atoms with Gasteiger partial charge < -0.3 is 10.2 Å². The van der Waals surface area contributed by atoms with E-state index in [1.807, 2.05) is 48.6 Å². The molecule has 26 heavy (non-hydrogen) atoms. The average molecular weight is 344 g/mol. The molecular formula is C22H16O4. The van der Waals surface area contributed by atoms with Crippen molar-refractivity contribution < 1.29 is 19.8 Å². The second kappa shape index (κ2) is 6.15. The molecule has 0 aliphatic heterocycles. The number of rotatable bonds is 3. The summed E-state index contributed by atoms with van der Waals surface area (Å²) in [7, 11) is 0. The summed E-state index contributed by atoms with van der Waals surface area (Å²) in [4.78, 5) is 23.9. The van der Waals surface area contributed by atoms with Crippen molar-refractivity contribution >= 4 is 28.3 Å². The van der Waals surface area contributed by atoms with Crippen molar-refractivity contribution in [1.82, 2.24) is 0 Å². The maximum Gasteiger partial charge on any atom is 0.336 e. The number of hydrogen-bond donors (Lipinski definition) is 2. The van der Waals surface area contributed by atoms with Crippen LogP contribution in [-0.4, -0.2) is 22.2 Å². The van der Waals surface area contributed by atoms with Crippen molar-refractivity contribution in [3.63, 3.8) is 0 Å². The Labute approximate surface area is 150 Å². The third-order valence-corrected chi connectivity index (χ3v) is 4.89. The Morgan fingerprint density at radius 3 is 2.58 bits per heavy atom. The first kappa shape index (κ1) is 16.1. The average Bonchev–Trinajstić information content (AvgIpc) is 2.66. The fraction of sp³-hybridized carbons (Fsp3) is 0.0909. The van der Waals surface area contributed by atoms with E-state index in [4.69, 9.17) is 0 Å². The first-order valence-electron chi connectivity index (χ1n) is 8.36. The van der Waals surface area contributed by atoms with Crippen molar-refractivity contribution in [1.29, 1.82) is 0 Å². The van der Waals surface area contributed by atoms with Gasteiger partial charge >= 0.3 is 11.9 Å². The molecule has 2 N–H and O–H groups in total. The van der Waals surface area contributed by atoms with Gasteiger partial charge in [0.1, 0.15) is 0 Å². The maximum absolute atomic E-state index is 11.9. The molecule has 1 atom stereocenters. The van der Waals surface area contributed by atoms with Crippen LogP contribution in [0.2, 0.25) is 0 Å². The van der Waals surface area contributed by atoms with Crippen LogP contribution in [0, 0.1) is 5.92 Å². The number of hydrogen-bond acceptors (Lipinski definition) is 2. The van der Waals surface area contributed by atoms with Crippen LogP contribution in [0.4, 0.5) is 0 Å². The molecule has 1 unspecified atom stereocenters. The highest BCUT2D eigenvalue weighted by atomic mass is 16.4. The smallest absolute Gasteiger partial charge is 0.336 e. The minimum absolute atomic E-state index is 0.0544. The van der Waals surface area contributed by atoms with E-state index in [2.05, 4.69) is 0 Å². The largest absolute Gasteiger partial charge is 0.478 e. The number of aliphatic carboxylic acids is 1. The molecule has 0 heterocycles. The SMILES string of the molecule is O=C(O)C1=C(c2c(C(=O)O)ccc3ccccc23)C2=CC=CCC2C=C1. The van der Waals surface area contributed by atoms with Crippen LogP contribution in [0.5, 0.6) is 0 Å². The quantitative estimate of drug-likeness (QED) is 0.863. The molecule has 4 heteroatoms. The highest BCUT2D eigenvalue weighted by molar-refractivity contribution is 6.13. The number of aromatic carboxylic acids is 1. The number of benzene rings is 2. The van der Waals surface area contributed by atoms with Crippen molar-refractivity contribution in [3.8, 4) is 0 Å². The Bertz CT molecular complexity index is 1070. The van der Waals surface area contributed by atoms with Crippen LogP contribution in [0.15, 0.2) is 77.9 Å². The summed E-state index contributed by atoms with van der Waals surface area (Å²) < 4.78 is 0. The lowest BCUT2D eigenvalue weighted by molar-refractivity contribution is -0.132. The number of carboxylic acid groups (broad SMARTS) is 2. The van der Waals surface area contributed by atoms with Gasteiger partial charge in [-0.3, -0.25) is 0 Å². The highest BCUT2D eigenvalue weighted by Gasteiger charge is 2.30. The van der Waals surface area contributed by atoms with E-state index in [1.54, 1.807) is 18.2 Å². The van der Waals surface area contributed by atoms with Crippen LogP contribution in [0.3, 0.4) is 0 Å². The van der Waals surface area contributed by atoms with Gasteiger partial charge in [-0.1, -0.05) is 60.7 Å².